The quantitative estimate of drug-likeness (QED) is 0.919. The molecule has 4 heteroatoms. The van der Waals surface area contributed by atoms with Crippen LogP contribution in [0.4, 0.5) is 5.69 Å². The second-order valence-electron chi connectivity index (χ2n) is 6.32. The fraction of sp³-hybridized carbons (Fsp3) is 0.588. The first-order valence-electron chi connectivity index (χ1n) is 8.03. The van der Waals surface area contributed by atoms with Gasteiger partial charge < -0.3 is 10.6 Å². The van der Waals surface area contributed by atoms with Crippen molar-refractivity contribution in [1.29, 1.82) is 0 Å². The van der Waals surface area contributed by atoms with Gasteiger partial charge in [0.05, 0.1) is 6.54 Å². The number of carbonyl (C=O) groups is 1. The van der Waals surface area contributed by atoms with Gasteiger partial charge in [-0.2, -0.15) is 0 Å². The lowest BCUT2D eigenvalue weighted by Crippen LogP contribution is -2.52. The van der Waals surface area contributed by atoms with Crippen LogP contribution in [0.5, 0.6) is 0 Å². The molecule has 0 aliphatic carbocycles. The van der Waals surface area contributed by atoms with Crippen molar-refractivity contribution in [3.05, 3.63) is 29.8 Å². The molecule has 1 fully saturated rings. The molecule has 1 aromatic carbocycles. The largest absolute Gasteiger partial charge is 0.329 e. The van der Waals surface area contributed by atoms with E-state index in [4.69, 9.17) is 5.73 Å². The Kier molecular flexibility index (Phi) is 4.27. The second-order valence-corrected chi connectivity index (χ2v) is 6.32. The van der Waals surface area contributed by atoms with E-state index in [-0.39, 0.29) is 5.91 Å². The monoisotopic (exact) mass is 287 g/mol. The highest BCUT2D eigenvalue weighted by atomic mass is 16.2. The summed E-state index contributed by atoms with van der Waals surface area (Å²) in [4.78, 5) is 16.9. The molecule has 0 saturated carbocycles. The van der Waals surface area contributed by atoms with Crippen LogP contribution in [-0.4, -0.2) is 43.0 Å². The van der Waals surface area contributed by atoms with Crippen molar-refractivity contribution in [3.8, 4) is 0 Å². The molecule has 2 atom stereocenters. The molecule has 2 unspecified atom stereocenters. The van der Waals surface area contributed by atoms with Crippen molar-refractivity contribution in [2.75, 3.05) is 31.1 Å². The first-order chi connectivity index (χ1) is 10.2. The standard InChI is InChI=1S/C17H25N3O/c1-13-5-4-9-19(16(13)11-18)12-17(21)20-10-8-14-6-2-3-7-15(14)20/h2-3,6-7,13,16H,4-5,8-12,18H2,1H3. The molecule has 2 N–H and O–H groups in total. The van der Waals surface area contributed by atoms with Gasteiger partial charge >= 0.3 is 0 Å². The van der Waals surface area contributed by atoms with E-state index in [1.165, 1.54) is 18.4 Å². The SMILES string of the molecule is CC1CCCN(CC(=O)N2CCc3ccccc32)C1CN. The van der Waals surface area contributed by atoms with Crippen LogP contribution in [-0.2, 0) is 11.2 Å². The lowest BCUT2D eigenvalue weighted by molar-refractivity contribution is -0.120. The van der Waals surface area contributed by atoms with Gasteiger partial charge in [-0.15, -0.1) is 0 Å². The molecule has 1 saturated heterocycles. The molecule has 1 amide bonds. The van der Waals surface area contributed by atoms with Crippen LogP contribution in [0.3, 0.4) is 0 Å². The highest BCUT2D eigenvalue weighted by Crippen LogP contribution is 2.28. The maximum Gasteiger partial charge on any atom is 0.241 e. The van der Waals surface area contributed by atoms with Crippen LogP contribution in [0.25, 0.3) is 0 Å². The normalized spacial score (nSPS) is 25.9. The molecule has 0 bridgehead atoms. The summed E-state index contributed by atoms with van der Waals surface area (Å²) in [6, 6.07) is 8.58. The van der Waals surface area contributed by atoms with E-state index in [2.05, 4.69) is 24.0 Å². The predicted molar refractivity (Wildman–Crippen MR) is 85.3 cm³/mol. The minimum atomic E-state index is 0.215. The average Bonchev–Trinajstić information content (AvgIpc) is 2.91. The predicted octanol–water partition coefficient (Wildman–Crippen LogP) is 1.63. The summed E-state index contributed by atoms with van der Waals surface area (Å²) < 4.78 is 0. The topological polar surface area (TPSA) is 49.6 Å². The van der Waals surface area contributed by atoms with Gasteiger partial charge in [-0.1, -0.05) is 25.1 Å². The lowest BCUT2D eigenvalue weighted by Gasteiger charge is -2.39. The number of para-hydroxylation sites is 1. The zero-order valence-electron chi connectivity index (χ0n) is 12.8. The van der Waals surface area contributed by atoms with Gasteiger partial charge in [0, 0.05) is 24.8 Å². The Morgan fingerprint density at radius 3 is 2.95 bits per heavy atom. The van der Waals surface area contributed by atoms with Gasteiger partial charge in [-0.05, 0) is 43.4 Å². The van der Waals surface area contributed by atoms with Crippen molar-refractivity contribution >= 4 is 11.6 Å². The van der Waals surface area contributed by atoms with E-state index in [1.54, 1.807) is 0 Å². The van der Waals surface area contributed by atoms with Crippen LogP contribution in [0.2, 0.25) is 0 Å². The Bertz CT molecular complexity index is 517. The van der Waals surface area contributed by atoms with Crippen molar-refractivity contribution in [2.45, 2.75) is 32.2 Å². The molecule has 2 aliphatic rings. The number of hydrogen-bond donors (Lipinski definition) is 1. The summed E-state index contributed by atoms with van der Waals surface area (Å²) >= 11 is 0. The van der Waals surface area contributed by atoms with E-state index in [9.17, 15) is 4.79 Å². The number of amides is 1. The molecule has 0 spiro atoms. The van der Waals surface area contributed by atoms with Gasteiger partial charge in [0.1, 0.15) is 0 Å². The number of carbonyl (C=O) groups excluding carboxylic acids is 1. The van der Waals surface area contributed by atoms with Gasteiger partial charge in [0.25, 0.3) is 0 Å². The third-order valence-corrected chi connectivity index (χ3v) is 5.00. The Hall–Kier alpha value is -1.39. The lowest BCUT2D eigenvalue weighted by atomic mass is 9.91. The Morgan fingerprint density at radius 1 is 1.33 bits per heavy atom. The number of rotatable bonds is 3. The number of nitrogens with two attached hydrogens (primary N) is 1. The zero-order chi connectivity index (χ0) is 14.8. The van der Waals surface area contributed by atoms with Gasteiger partial charge in [-0.25, -0.2) is 0 Å². The molecule has 2 heterocycles. The number of likely N-dealkylation sites (tertiary alicyclic amines) is 1. The molecule has 114 valence electrons. The van der Waals surface area contributed by atoms with Gasteiger partial charge in [0.15, 0.2) is 0 Å². The third kappa shape index (κ3) is 2.83. The van der Waals surface area contributed by atoms with Crippen molar-refractivity contribution < 1.29 is 4.79 Å². The second kappa shape index (κ2) is 6.16. The maximum atomic E-state index is 12.7. The highest BCUT2D eigenvalue weighted by Gasteiger charge is 2.31. The summed E-state index contributed by atoms with van der Waals surface area (Å²) in [5, 5.41) is 0. The van der Waals surface area contributed by atoms with E-state index in [0.29, 0.717) is 25.0 Å². The molecule has 1 aromatic rings. The minimum absolute atomic E-state index is 0.215. The Labute approximate surface area is 126 Å². The zero-order valence-corrected chi connectivity index (χ0v) is 12.8. The number of piperidine rings is 1. The summed E-state index contributed by atoms with van der Waals surface area (Å²) in [5.41, 5.74) is 8.30. The average molecular weight is 287 g/mol. The Morgan fingerprint density at radius 2 is 2.14 bits per heavy atom. The molecule has 4 nitrogen and oxygen atoms in total. The Balaban J connectivity index is 1.69. The summed E-state index contributed by atoms with van der Waals surface area (Å²) in [6.45, 7) is 5.20. The number of hydrogen-bond acceptors (Lipinski definition) is 3. The maximum absolute atomic E-state index is 12.7. The van der Waals surface area contributed by atoms with E-state index in [1.807, 2.05) is 17.0 Å². The first kappa shape index (κ1) is 14.5. The van der Waals surface area contributed by atoms with E-state index < -0.39 is 0 Å². The smallest absolute Gasteiger partial charge is 0.241 e. The summed E-state index contributed by atoms with van der Waals surface area (Å²) in [7, 11) is 0. The number of benzene rings is 1. The minimum Gasteiger partial charge on any atom is -0.329 e. The molecular weight excluding hydrogens is 262 g/mol. The molecule has 2 aliphatic heterocycles. The van der Waals surface area contributed by atoms with E-state index >= 15 is 0 Å². The van der Waals surface area contributed by atoms with Gasteiger partial charge in [0.2, 0.25) is 5.91 Å². The van der Waals surface area contributed by atoms with E-state index in [0.717, 1.165) is 25.2 Å². The van der Waals surface area contributed by atoms with Crippen molar-refractivity contribution in [2.24, 2.45) is 11.7 Å². The molecule has 0 aromatic heterocycles. The molecular formula is C17H25N3O. The number of anilines is 1. The summed E-state index contributed by atoms with van der Waals surface area (Å²) in [6.07, 6.45) is 3.36. The van der Waals surface area contributed by atoms with Crippen molar-refractivity contribution in [3.63, 3.8) is 0 Å². The highest BCUT2D eigenvalue weighted by molar-refractivity contribution is 5.96. The van der Waals surface area contributed by atoms with Crippen LogP contribution in [0, 0.1) is 5.92 Å². The van der Waals surface area contributed by atoms with Crippen LogP contribution in [0.1, 0.15) is 25.3 Å². The fourth-order valence-electron chi connectivity index (χ4n) is 3.77. The van der Waals surface area contributed by atoms with Crippen LogP contribution < -0.4 is 10.6 Å². The van der Waals surface area contributed by atoms with Crippen LogP contribution in [0.15, 0.2) is 24.3 Å². The van der Waals surface area contributed by atoms with Crippen LogP contribution >= 0.6 is 0 Å². The van der Waals surface area contributed by atoms with Crippen molar-refractivity contribution in [1.82, 2.24) is 4.90 Å². The molecule has 21 heavy (non-hydrogen) atoms. The number of fused-ring (bicyclic) bond motifs is 1. The molecule has 0 radical (unpaired) electrons. The third-order valence-electron chi connectivity index (χ3n) is 5.00. The summed E-state index contributed by atoms with van der Waals surface area (Å²) in [5.74, 6) is 0.801. The fourth-order valence-corrected chi connectivity index (χ4v) is 3.77. The van der Waals surface area contributed by atoms with Gasteiger partial charge in [-0.3, -0.25) is 9.69 Å². The number of nitrogens with zero attached hydrogens (tertiary/aromatic N) is 2. The molecule has 3 rings (SSSR count). The first-order valence-corrected chi connectivity index (χ1v) is 8.03.